The summed E-state index contributed by atoms with van der Waals surface area (Å²) in [5, 5.41) is 14.3. The second kappa shape index (κ2) is 5.61. The monoisotopic (exact) mass is 270 g/mol. The molecule has 1 unspecified atom stereocenters. The quantitative estimate of drug-likeness (QED) is 0.868. The average molecular weight is 270 g/mol. The first-order valence-corrected chi connectivity index (χ1v) is 6.93. The van der Waals surface area contributed by atoms with Crippen LogP contribution in [0.25, 0.3) is 11.1 Å². The lowest BCUT2D eigenvalue weighted by Crippen LogP contribution is -2.02. The molecule has 0 aromatic carbocycles. The van der Waals surface area contributed by atoms with Gasteiger partial charge in [-0.25, -0.2) is 4.52 Å². The summed E-state index contributed by atoms with van der Waals surface area (Å²) in [5.74, 6) is 0. The number of rotatable bonds is 4. The van der Waals surface area contributed by atoms with Crippen molar-refractivity contribution in [2.45, 2.75) is 26.1 Å². The number of pyridine rings is 1. The highest BCUT2D eigenvalue weighted by molar-refractivity contribution is 5.77. The Labute approximate surface area is 118 Å². The molecular weight excluding hydrogens is 252 g/mol. The van der Waals surface area contributed by atoms with Crippen molar-refractivity contribution in [1.29, 1.82) is 0 Å². The highest BCUT2D eigenvalue weighted by atomic mass is 16.6. The fourth-order valence-electron chi connectivity index (χ4n) is 2.44. The molecule has 2 aromatic heterocycles. The maximum Gasteiger partial charge on any atom is 0.184 e. The Morgan fingerprint density at radius 2 is 2.35 bits per heavy atom. The van der Waals surface area contributed by atoms with E-state index >= 15 is 0 Å². The number of hydrogen-bond donors (Lipinski definition) is 1. The van der Waals surface area contributed by atoms with Crippen LogP contribution in [0.15, 0.2) is 42.8 Å². The molecule has 2 aromatic rings. The molecule has 4 heteroatoms. The normalized spacial score (nSPS) is 16.4. The number of fused-ring (bicyclic) bond motifs is 1. The van der Waals surface area contributed by atoms with Gasteiger partial charge in [0.05, 0.1) is 17.3 Å². The number of aromatic nitrogens is 2. The molecule has 0 saturated heterocycles. The third-order valence-electron chi connectivity index (χ3n) is 3.47. The molecule has 0 radical (unpaired) electrons. The maximum absolute atomic E-state index is 10.0. The SMILES string of the molecule is CCOC(O)c1cnn2ccc(C3=CCCC=C3)cc12. The number of ether oxygens (including phenoxy) is 1. The number of aliphatic hydroxyl groups is 1. The zero-order chi connectivity index (χ0) is 13.9. The van der Waals surface area contributed by atoms with E-state index in [2.05, 4.69) is 23.3 Å². The first kappa shape index (κ1) is 13.1. The van der Waals surface area contributed by atoms with Crippen molar-refractivity contribution in [2.24, 2.45) is 0 Å². The minimum absolute atomic E-state index is 0.464. The smallest absolute Gasteiger partial charge is 0.184 e. The van der Waals surface area contributed by atoms with Gasteiger partial charge in [0.15, 0.2) is 6.29 Å². The van der Waals surface area contributed by atoms with Crippen LogP contribution in [0.4, 0.5) is 0 Å². The van der Waals surface area contributed by atoms with Crippen LogP contribution in [-0.2, 0) is 4.74 Å². The van der Waals surface area contributed by atoms with Gasteiger partial charge in [0.2, 0.25) is 0 Å². The number of nitrogens with zero attached hydrogens (tertiary/aromatic N) is 2. The fourth-order valence-corrected chi connectivity index (χ4v) is 2.44. The summed E-state index contributed by atoms with van der Waals surface area (Å²) >= 11 is 0. The van der Waals surface area contributed by atoms with Crippen molar-refractivity contribution in [2.75, 3.05) is 6.61 Å². The Morgan fingerprint density at radius 3 is 3.10 bits per heavy atom. The molecule has 0 saturated carbocycles. The van der Waals surface area contributed by atoms with E-state index in [1.165, 1.54) is 5.57 Å². The van der Waals surface area contributed by atoms with Crippen molar-refractivity contribution in [3.05, 3.63) is 53.9 Å². The molecule has 1 N–H and O–H groups in total. The van der Waals surface area contributed by atoms with Gasteiger partial charge in [-0.1, -0.05) is 18.2 Å². The summed E-state index contributed by atoms with van der Waals surface area (Å²) < 4.78 is 7.01. The average Bonchev–Trinajstić information content (AvgIpc) is 2.91. The second-order valence-corrected chi connectivity index (χ2v) is 4.79. The van der Waals surface area contributed by atoms with Gasteiger partial charge in [-0.3, -0.25) is 0 Å². The fraction of sp³-hybridized carbons (Fsp3) is 0.312. The van der Waals surface area contributed by atoms with E-state index < -0.39 is 6.29 Å². The lowest BCUT2D eigenvalue weighted by molar-refractivity contribution is -0.0970. The molecule has 104 valence electrons. The highest BCUT2D eigenvalue weighted by Gasteiger charge is 2.14. The van der Waals surface area contributed by atoms with E-state index in [0.717, 1.165) is 23.9 Å². The molecule has 1 atom stereocenters. The molecule has 4 nitrogen and oxygen atoms in total. The van der Waals surface area contributed by atoms with Crippen molar-refractivity contribution in [3.63, 3.8) is 0 Å². The van der Waals surface area contributed by atoms with Gasteiger partial charge in [-0.15, -0.1) is 0 Å². The van der Waals surface area contributed by atoms with E-state index in [1.807, 2.05) is 25.3 Å². The van der Waals surface area contributed by atoms with Crippen LogP contribution < -0.4 is 0 Å². The molecular formula is C16H18N2O2. The van der Waals surface area contributed by atoms with Crippen LogP contribution in [0.2, 0.25) is 0 Å². The predicted octanol–water partition coefficient (Wildman–Crippen LogP) is 3.10. The van der Waals surface area contributed by atoms with Gasteiger partial charge in [-0.05, 0) is 43.0 Å². The Morgan fingerprint density at radius 1 is 1.45 bits per heavy atom. The highest BCUT2D eigenvalue weighted by Crippen LogP contribution is 2.26. The second-order valence-electron chi connectivity index (χ2n) is 4.79. The summed E-state index contributed by atoms with van der Waals surface area (Å²) in [4.78, 5) is 0. The zero-order valence-corrected chi connectivity index (χ0v) is 11.5. The summed E-state index contributed by atoms with van der Waals surface area (Å²) in [5.41, 5.74) is 3.94. The third kappa shape index (κ3) is 2.40. The van der Waals surface area contributed by atoms with E-state index in [9.17, 15) is 5.11 Å². The minimum atomic E-state index is -0.927. The summed E-state index contributed by atoms with van der Waals surface area (Å²) in [6.45, 7) is 2.32. The van der Waals surface area contributed by atoms with Gasteiger partial charge >= 0.3 is 0 Å². The van der Waals surface area contributed by atoms with Crippen molar-refractivity contribution < 1.29 is 9.84 Å². The van der Waals surface area contributed by atoms with Crippen molar-refractivity contribution in [1.82, 2.24) is 9.61 Å². The van der Waals surface area contributed by atoms with Crippen LogP contribution in [-0.4, -0.2) is 21.3 Å². The largest absolute Gasteiger partial charge is 0.364 e. The maximum atomic E-state index is 10.0. The first-order chi connectivity index (χ1) is 9.79. The van der Waals surface area contributed by atoms with Crippen LogP contribution in [0.1, 0.15) is 37.2 Å². The van der Waals surface area contributed by atoms with E-state index in [-0.39, 0.29) is 0 Å². The van der Waals surface area contributed by atoms with Crippen molar-refractivity contribution in [3.8, 4) is 0 Å². The lowest BCUT2D eigenvalue weighted by atomic mass is 10.00. The van der Waals surface area contributed by atoms with Gasteiger partial charge in [0, 0.05) is 12.8 Å². The van der Waals surface area contributed by atoms with Gasteiger partial charge in [-0.2, -0.15) is 5.10 Å². The van der Waals surface area contributed by atoms with Gasteiger partial charge in [0.25, 0.3) is 0 Å². The van der Waals surface area contributed by atoms with Crippen molar-refractivity contribution >= 4 is 11.1 Å². The standard InChI is InChI=1S/C16H18N2O2/c1-2-20-16(19)14-11-17-18-9-8-13(10-15(14)18)12-6-4-3-5-7-12/h4,6-11,16,19H,2-3,5H2,1H3. The number of allylic oxidation sites excluding steroid dienone is 4. The van der Waals surface area contributed by atoms with Gasteiger partial charge in [0.1, 0.15) is 0 Å². The van der Waals surface area contributed by atoms with Gasteiger partial charge < -0.3 is 9.84 Å². The summed E-state index contributed by atoms with van der Waals surface area (Å²) in [6.07, 6.45) is 11.4. The molecule has 3 rings (SSSR count). The van der Waals surface area contributed by atoms with Crippen LogP contribution >= 0.6 is 0 Å². The number of hydrogen-bond acceptors (Lipinski definition) is 3. The van der Waals surface area contributed by atoms with Crippen LogP contribution in [0.5, 0.6) is 0 Å². The Bertz CT molecular complexity index is 670. The first-order valence-electron chi connectivity index (χ1n) is 6.93. The Balaban J connectivity index is 2.03. The number of aliphatic hydroxyl groups excluding tert-OH is 1. The molecule has 1 aliphatic carbocycles. The van der Waals surface area contributed by atoms with Crippen LogP contribution in [0.3, 0.4) is 0 Å². The lowest BCUT2D eigenvalue weighted by Gasteiger charge is -2.11. The molecule has 2 heterocycles. The Kier molecular flexibility index (Phi) is 3.67. The zero-order valence-electron chi connectivity index (χ0n) is 11.5. The summed E-state index contributed by atoms with van der Waals surface area (Å²) in [6, 6.07) is 4.09. The molecule has 0 spiro atoms. The molecule has 20 heavy (non-hydrogen) atoms. The molecule has 0 fully saturated rings. The Hall–Kier alpha value is -1.91. The topological polar surface area (TPSA) is 46.8 Å². The molecule has 0 bridgehead atoms. The minimum Gasteiger partial charge on any atom is -0.364 e. The molecule has 0 amide bonds. The van der Waals surface area contributed by atoms with E-state index in [1.54, 1.807) is 10.7 Å². The third-order valence-corrected chi connectivity index (χ3v) is 3.47. The predicted molar refractivity (Wildman–Crippen MR) is 78.1 cm³/mol. The molecule has 0 aliphatic heterocycles. The molecule has 1 aliphatic rings. The van der Waals surface area contributed by atoms with Crippen LogP contribution in [0, 0.1) is 0 Å². The summed E-state index contributed by atoms with van der Waals surface area (Å²) in [7, 11) is 0. The van der Waals surface area contributed by atoms with E-state index in [0.29, 0.717) is 12.2 Å². The van der Waals surface area contributed by atoms with E-state index in [4.69, 9.17) is 4.74 Å².